The van der Waals surface area contributed by atoms with E-state index in [2.05, 4.69) is 10.1 Å². The van der Waals surface area contributed by atoms with Crippen LogP contribution in [0, 0.1) is 0 Å². The van der Waals surface area contributed by atoms with Gasteiger partial charge in [-0.05, 0) is 18.2 Å². The molecule has 0 aliphatic carbocycles. The molecule has 3 rings (SSSR count). The molecule has 0 saturated carbocycles. The number of para-hydroxylation sites is 1. The first-order chi connectivity index (χ1) is 8.36. The van der Waals surface area contributed by atoms with E-state index in [4.69, 9.17) is 0 Å². The fourth-order valence-corrected chi connectivity index (χ4v) is 1.84. The highest BCUT2D eigenvalue weighted by Crippen LogP contribution is 2.16. The average molecular weight is 224 g/mol. The minimum absolute atomic E-state index is 0.862. The van der Waals surface area contributed by atoms with Gasteiger partial charge in [-0.2, -0.15) is 9.89 Å². The fourth-order valence-electron chi connectivity index (χ4n) is 1.84. The molecule has 2 aromatic heterocycles. The summed E-state index contributed by atoms with van der Waals surface area (Å²) < 4.78 is 0. The molecule has 0 bridgehead atoms. The highest BCUT2D eigenvalue weighted by atomic mass is 15.7. The maximum Gasteiger partial charge on any atom is 0.148 e. The van der Waals surface area contributed by atoms with Gasteiger partial charge in [0.25, 0.3) is 0 Å². The van der Waals surface area contributed by atoms with Crippen LogP contribution in [-0.2, 0) is 0 Å². The Kier molecular flexibility index (Phi) is 2.26. The van der Waals surface area contributed by atoms with Crippen molar-refractivity contribution in [3.63, 3.8) is 0 Å². The molecular formula is C13H12N4. The monoisotopic (exact) mass is 224 g/mol. The summed E-state index contributed by atoms with van der Waals surface area (Å²) in [5, 5.41) is 7.41. The van der Waals surface area contributed by atoms with Gasteiger partial charge in [0.1, 0.15) is 5.82 Å². The summed E-state index contributed by atoms with van der Waals surface area (Å²) in [6, 6.07) is 13.9. The number of aromatic nitrogens is 3. The van der Waals surface area contributed by atoms with Crippen molar-refractivity contribution in [2.75, 3.05) is 12.1 Å². The first kappa shape index (κ1) is 9.84. The quantitative estimate of drug-likeness (QED) is 0.670. The van der Waals surface area contributed by atoms with Crippen molar-refractivity contribution in [3.05, 3.63) is 54.9 Å². The third-order valence-electron chi connectivity index (χ3n) is 2.72. The summed E-state index contributed by atoms with van der Waals surface area (Å²) in [5.41, 5.74) is 1.07. The lowest BCUT2D eigenvalue weighted by Gasteiger charge is -2.18. The van der Waals surface area contributed by atoms with Gasteiger partial charge in [0.2, 0.25) is 0 Å². The molecule has 1 aromatic carbocycles. The van der Waals surface area contributed by atoms with Crippen molar-refractivity contribution in [1.82, 2.24) is 14.9 Å². The molecular weight excluding hydrogens is 212 g/mol. The molecule has 0 unspecified atom stereocenters. The SMILES string of the molecule is CN(c1ccccn1)n1ncc2ccccc21. The van der Waals surface area contributed by atoms with Gasteiger partial charge in [0.05, 0.1) is 11.7 Å². The minimum Gasteiger partial charge on any atom is -0.250 e. The molecule has 0 saturated heterocycles. The van der Waals surface area contributed by atoms with Gasteiger partial charge in [0.15, 0.2) is 0 Å². The van der Waals surface area contributed by atoms with E-state index >= 15 is 0 Å². The van der Waals surface area contributed by atoms with Gasteiger partial charge in [-0.3, -0.25) is 5.01 Å². The van der Waals surface area contributed by atoms with Crippen LogP contribution < -0.4 is 5.01 Å². The topological polar surface area (TPSA) is 34.0 Å². The van der Waals surface area contributed by atoms with E-state index in [1.165, 1.54) is 0 Å². The van der Waals surface area contributed by atoms with E-state index in [-0.39, 0.29) is 0 Å². The van der Waals surface area contributed by atoms with E-state index in [1.807, 2.05) is 65.5 Å². The molecule has 4 heteroatoms. The zero-order valence-electron chi connectivity index (χ0n) is 9.49. The highest BCUT2D eigenvalue weighted by molar-refractivity contribution is 5.79. The predicted molar refractivity (Wildman–Crippen MR) is 67.8 cm³/mol. The van der Waals surface area contributed by atoms with E-state index in [9.17, 15) is 0 Å². The molecule has 84 valence electrons. The Morgan fingerprint density at radius 1 is 1.06 bits per heavy atom. The third kappa shape index (κ3) is 1.63. The highest BCUT2D eigenvalue weighted by Gasteiger charge is 2.08. The van der Waals surface area contributed by atoms with Crippen LogP contribution in [0.15, 0.2) is 54.9 Å². The lowest BCUT2D eigenvalue weighted by Crippen LogP contribution is -2.26. The molecule has 0 aliphatic heterocycles. The van der Waals surface area contributed by atoms with Crippen LogP contribution in [0.3, 0.4) is 0 Å². The van der Waals surface area contributed by atoms with Crippen molar-refractivity contribution in [2.24, 2.45) is 0 Å². The second kappa shape index (κ2) is 3.90. The Morgan fingerprint density at radius 3 is 2.71 bits per heavy atom. The average Bonchev–Trinajstić information content (AvgIpc) is 2.83. The lowest BCUT2D eigenvalue weighted by atomic mass is 10.3. The van der Waals surface area contributed by atoms with Crippen molar-refractivity contribution in [2.45, 2.75) is 0 Å². The number of nitrogens with zero attached hydrogens (tertiary/aromatic N) is 4. The van der Waals surface area contributed by atoms with Gasteiger partial charge in [0, 0.05) is 18.6 Å². The number of pyridine rings is 1. The molecule has 0 spiro atoms. The molecule has 0 atom stereocenters. The van der Waals surface area contributed by atoms with Gasteiger partial charge < -0.3 is 0 Å². The van der Waals surface area contributed by atoms with Gasteiger partial charge in [-0.15, -0.1) is 0 Å². The molecule has 3 aromatic rings. The minimum atomic E-state index is 0.862. The summed E-state index contributed by atoms with van der Waals surface area (Å²) in [6.07, 6.45) is 3.63. The normalized spacial score (nSPS) is 10.6. The van der Waals surface area contributed by atoms with Crippen LogP contribution in [-0.4, -0.2) is 21.9 Å². The third-order valence-corrected chi connectivity index (χ3v) is 2.72. The summed E-state index contributed by atoms with van der Waals surface area (Å²) in [7, 11) is 1.95. The van der Waals surface area contributed by atoms with Crippen molar-refractivity contribution >= 4 is 16.7 Å². The summed E-state index contributed by atoms with van der Waals surface area (Å²) >= 11 is 0. The zero-order chi connectivity index (χ0) is 11.7. The summed E-state index contributed by atoms with van der Waals surface area (Å²) in [4.78, 5) is 6.15. The van der Waals surface area contributed by atoms with Crippen LogP contribution in [0.1, 0.15) is 0 Å². The van der Waals surface area contributed by atoms with Gasteiger partial charge >= 0.3 is 0 Å². The van der Waals surface area contributed by atoms with E-state index < -0.39 is 0 Å². The fraction of sp³-hybridized carbons (Fsp3) is 0.0769. The van der Waals surface area contributed by atoms with E-state index in [1.54, 1.807) is 6.20 Å². The Bertz CT molecular complexity index is 630. The maximum absolute atomic E-state index is 4.37. The largest absolute Gasteiger partial charge is 0.250 e. The zero-order valence-corrected chi connectivity index (χ0v) is 9.49. The van der Waals surface area contributed by atoms with Crippen LogP contribution in [0.25, 0.3) is 10.9 Å². The number of hydrogen-bond donors (Lipinski definition) is 0. The van der Waals surface area contributed by atoms with Crippen molar-refractivity contribution in [3.8, 4) is 0 Å². The van der Waals surface area contributed by atoms with Gasteiger partial charge in [-0.25, -0.2) is 4.98 Å². The smallest absolute Gasteiger partial charge is 0.148 e. The number of benzene rings is 1. The summed E-state index contributed by atoms with van der Waals surface area (Å²) in [6.45, 7) is 0. The Labute approximate surface area is 99.1 Å². The van der Waals surface area contributed by atoms with E-state index in [0.29, 0.717) is 0 Å². The second-order valence-electron chi connectivity index (χ2n) is 3.80. The standard InChI is InChI=1S/C13H12N4/c1-16(13-8-4-5-9-14-13)17-12-7-3-2-6-11(12)10-15-17/h2-10H,1H3. The van der Waals surface area contributed by atoms with Crippen molar-refractivity contribution in [1.29, 1.82) is 0 Å². The first-order valence-corrected chi connectivity index (χ1v) is 5.44. The Morgan fingerprint density at radius 2 is 1.88 bits per heavy atom. The van der Waals surface area contributed by atoms with E-state index in [0.717, 1.165) is 16.7 Å². The maximum atomic E-state index is 4.37. The van der Waals surface area contributed by atoms with Crippen LogP contribution >= 0.6 is 0 Å². The molecule has 0 N–H and O–H groups in total. The number of fused-ring (bicyclic) bond motifs is 1. The first-order valence-electron chi connectivity index (χ1n) is 5.44. The molecule has 0 radical (unpaired) electrons. The predicted octanol–water partition coefficient (Wildman–Crippen LogP) is 2.33. The molecule has 0 aliphatic rings. The lowest BCUT2D eigenvalue weighted by molar-refractivity contribution is 0.685. The number of hydrogen-bond acceptors (Lipinski definition) is 3. The molecule has 17 heavy (non-hydrogen) atoms. The molecule has 0 amide bonds. The Balaban J connectivity index is 2.10. The van der Waals surface area contributed by atoms with Crippen LogP contribution in [0.4, 0.5) is 5.82 Å². The summed E-state index contributed by atoms with van der Waals surface area (Å²) in [5.74, 6) is 0.862. The van der Waals surface area contributed by atoms with Crippen molar-refractivity contribution < 1.29 is 0 Å². The van der Waals surface area contributed by atoms with Crippen LogP contribution in [0.5, 0.6) is 0 Å². The second-order valence-corrected chi connectivity index (χ2v) is 3.80. The number of anilines is 1. The Hall–Kier alpha value is -2.36. The molecule has 4 nitrogen and oxygen atoms in total. The van der Waals surface area contributed by atoms with Gasteiger partial charge in [-0.1, -0.05) is 24.3 Å². The molecule has 0 fully saturated rings. The van der Waals surface area contributed by atoms with Crippen LogP contribution in [0.2, 0.25) is 0 Å². The molecule has 2 heterocycles. The number of rotatable bonds is 2.